The molecule has 2 bridgehead atoms. The van der Waals surface area contributed by atoms with E-state index in [0.717, 1.165) is 0 Å². The lowest BCUT2D eigenvalue weighted by Gasteiger charge is -2.28. The minimum atomic E-state index is 0.271. The summed E-state index contributed by atoms with van der Waals surface area (Å²) in [6, 6.07) is 0. The summed E-state index contributed by atoms with van der Waals surface area (Å²) in [7, 11) is 0. The van der Waals surface area contributed by atoms with Crippen LogP contribution in [-0.4, -0.2) is 18.3 Å². The third-order valence-corrected chi connectivity index (χ3v) is 3.84. The Hall–Kier alpha value is -0.730. The first-order valence-electron chi connectivity index (χ1n) is 4.98. The zero-order chi connectivity index (χ0) is 9.26. The summed E-state index contributed by atoms with van der Waals surface area (Å²) in [5.74, 6) is 2.28. The molecule has 4 nitrogen and oxygen atoms in total. The maximum Gasteiger partial charge on any atom is 0.0464 e. The Morgan fingerprint density at radius 3 is 2.62 bits per heavy atom. The molecule has 0 heterocycles. The third kappa shape index (κ3) is 1.40. The molecule has 2 fully saturated rings. The molecule has 4 heteroatoms. The molecule has 0 saturated heterocycles. The molecular weight excluding hydrogens is 166 g/mol. The van der Waals surface area contributed by atoms with Crippen LogP contribution in [0.2, 0.25) is 0 Å². The van der Waals surface area contributed by atoms with Gasteiger partial charge in [0, 0.05) is 18.1 Å². The normalized spacial score (nSPS) is 41.9. The molecule has 2 rings (SSSR count). The molecule has 2 aliphatic rings. The van der Waals surface area contributed by atoms with Gasteiger partial charge in [0.2, 0.25) is 0 Å². The number of azide groups is 1. The molecule has 2 aliphatic carbocycles. The highest BCUT2D eigenvalue weighted by Gasteiger charge is 2.46. The molecule has 4 atom stereocenters. The van der Waals surface area contributed by atoms with E-state index in [2.05, 4.69) is 10.0 Å². The van der Waals surface area contributed by atoms with Gasteiger partial charge in [-0.2, -0.15) is 0 Å². The van der Waals surface area contributed by atoms with Crippen molar-refractivity contribution in [2.24, 2.45) is 28.8 Å². The summed E-state index contributed by atoms with van der Waals surface area (Å²) in [5, 5.41) is 12.9. The molecule has 2 saturated carbocycles. The van der Waals surface area contributed by atoms with E-state index >= 15 is 0 Å². The number of hydrogen-bond donors (Lipinski definition) is 1. The van der Waals surface area contributed by atoms with Gasteiger partial charge >= 0.3 is 0 Å². The van der Waals surface area contributed by atoms with Crippen molar-refractivity contribution in [2.75, 3.05) is 13.2 Å². The zero-order valence-electron chi connectivity index (χ0n) is 7.63. The van der Waals surface area contributed by atoms with Gasteiger partial charge in [-0.25, -0.2) is 0 Å². The third-order valence-electron chi connectivity index (χ3n) is 3.84. The topological polar surface area (TPSA) is 69.0 Å². The molecule has 1 N–H and O–H groups in total. The lowest BCUT2D eigenvalue weighted by molar-refractivity contribution is 0.129. The molecule has 0 aliphatic heterocycles. The van der Waals surface area contributed by atoms with Crippen LogP contribution in [0.5, 0.6) is 0 Å². The lowest BCUT2D eigenvalue weighted by atomic mass is 9.80. The average Bonchev–Trinajstić information content (AvgIpc) is 2.73. The minimum Gasteiger partial charge on any atom is -0.396 e. The van der Waals surface area contributed by atoms with Crippen LogP contribution >= 0.6 is 0 Å². The van der Waals surface area contributed by atoms with E-state index in [4.69, 9.17) is 5.53 Å². The number of aliphatic hydroxyl groups is 1. The van der Waals surface area contributed by atoms with Crippen LogP contribution in [-0.2, 0) is 0 Å². The largest absolute Gasteiger partial charge is 0.396 e. The number of aliphatic hydroxyl groups excluding tert-OH is 1. The fraction of sp³-hybridized carbons (Fsp3) is 1.00. The number of rotatable bonds is 3. The van der Waals surface area contributed by atoms with E-state index in [-0.39, 0.29) is 6.61 Å². The van der Waals surface area contributed by atoms with Crippen LogP contribution in [0.4, 0.5) is 0 Å². The van der Waals surface area contributed by atoms with Gasteiger partial charge in [0.05, 0.1) is 0 Å². The summed E-state index contributed by atoms with van der Waals surface area (Å²) in [6.45, 7) is 0.857. The Morgan fingerprint density at radius 1 is 1.31 bits per heavy atom. The second-order valence-electron chi connectivity index (χ2n) is 4.26. The Kier molecular flexibility index (Phi) is 2.42. The van der Waals surface area contributed by atoms with E-state index in [1.807, 2.05) is 0 Å². The lowest BCUT2D eigenvalue weighted by Crippen LogP contribution is -2.27. The molecule has 0 aromatic carbocycles. The van der Waals surface area contributed by atoms with E-state index in [1.54, 1.807) is 0 Å². The highest BCUT2D eigenvalue weighted by atomic mass is 16.3. The predicted octanol–water partition coefficient (Wildman–Crippen LogP) is 1.95. The van der Waals surface area contributed by atoms with E-state index in [1.165, 1.54) is 19.3 Å². The molecule has 0 aromatic rings. The standard InChI is InChI=1S/C9H15N3O/c10-12-11-4-8-6-1-2-7(3-6)9(8)5-13/h6-9,13H,1-5H2. The first kappa shape index (κ1) is 8.85. The van der Waals surface area contributed by atoms with Crippen molar-refractivity contribution in [3.8, 4) is 0 Å². The number of hydrogen-bond acceptors (Lipinski definition) is 2. The van der Waals surface area contributed by atoms with Crippen LogP contribution in [0.25, 0.3) is 10.4 Å². The van der Waals surface area contributed by atoms with Crippen LogP contribution in [0.3, 0.4) is 0 Å². The summed E-state index contributed by atoms with van der Waals surface area (Å²) < 4.78 is 0. The summed E-state index contributed by atoms with van der Waals surface area (Å²) in [4.78, 5) is 2.79. The molecule has 13 heavy (non-hydrogen) atoms. The Labute approximate surface area is 77.6 Å². The van der Waals surface area contributed by atoms with E-state index < -0.39 is 0 Å². The van der Waals surface area contributed by atoms with Crippen molar-refractivity contribution >= 4 is 0 Å². The van der Waals surface area contributed by atoms with Crippen molar-refractivity contribution < 1.29 is 5.11 Å². The molecule has 0 radical (unpaired) electrons. The number of nitrogens with zero attached hydrogens (tertiary/aromatic N) is 3. The fourth-order valence-corrected chi connectivity index (χ4v) is 3.23. The van der Waals surface area contributed by atoms with Gasteiger partial charge in [-0.15, -0.1) is 0 Å². The molecule has 0 spiro atoms. The van der Waals surface area contributed by atoms with Crippen molar-refractivity contribution in [3.63, 3.8) is 0 Å². The van der Waals surface area contributed by atoms with Crippen molar-refractivity contribution in [3.05, 3.63) is 10.4 Å². The predicted molar refractivity (Wildman–Crippen MR) is 48.9 cm³/mol. The van der Waals surface area contributed by atoms with Crippen molar-refractivity contribution in [1.29, 1.82) is 0 Å². The van der Waals surface area contributed by atoms with E-state index in [9.17, 15) is 5.11 Å². The summed E-state index contributed by atoms with van der Waals surface area (Å²) in [6.07, 6.45) is 3.78. The Balaban J connectivity index is 2.04. The van der Waals surface area contributed by atoms with Crippen molar-refractivity contribution in [2.45, 2.75) is 19.3 Å². The highest BCUT2D eigenvalue weighted by Crippen LogP contribution is 2.52. The quantitative estimate of drug-likeness (QED) is 0.403. The SMILES string of the molecule is [N-]=[N+]=NCC1C2CCC(C2)C1CO. The number of fused-ring (bicyclic) bond motifs is 2. The summed E-state index contributed by atoms with van der Waals surface area (Å²) in [5.41, 5.74) is 8.25. The molecule has 0 amide bonds. The van der Waals surface area contributed by atoms with Gasteiger partial charge < -0.3 is 5.11 Å². The highest BCUT2D eigenvalue weighted by molar-refractivity contribution is 4.96. The van der Waals surface area contributed by atoms with Gasteiger partial charge in [-0.05, 0) is 48.5 Å². The molecule has 4 unspecified atom stereocenters. The smallest absolute Gasteiger partial charge is 0.0464 e. The van der Waals surface area contributed by atoms with Crippen LogP contribution in [0, 0.1) is 23.7 Å². The van der Waals surface area contributed by atoms with Gasteiger partial charge in [0.25, 0.3) is 0 Å². The Morgan fingerprint density at radius 2 is 2.00 bits per heavy atom. The van der Waals surface area contributed by atoms with Crippen molar-refractivity contribution in [1.82, 2.24) is 0 Å². The van der Waals surface area contributed by atoms with Gasteiger partial charge in [0.15, 0.2) is 0 Å². The maximum atomic E-state index is 9.22. The minimum absolute atomic E-state index is 0.271. The zero-order valence-corrected chi connectivity index (χ0v) is 7.63. The van der Waals surface area contributed by atoms with Crippen LogP contribution in [0.15, 0.2) is 5.11 Å². The monoisotopic (exact) mass is 181 g/mol. The second-order valence-corrected chi connectivity index (χ2v) is 4.26. The van der Waals surface area contributed by atoms with Gasteiger partial charge in [-0.1, -0.05) is 5.11 Å². The second kappa shape index (κ2) is 3.56. The van der Waals surface area contributed by atoms with E-state index in [0.29, 0.717) is 30.2 Å². The molecule has 72 valence electrons. The van der Waals surface area contributed by atoms with Crippen LogP contribution in [0.1, 0.15) is 19.3 Å². The molecule has 0 aromatic heterocycles. The summed E-state index contributed by atoms with van der Waals surface area (Å²) >= 11 is 0. The average molecular weight is 181 g/mol. The van der Waals surface area contributed by atoms with Crippen LogP contribution < -0.4 is 0 Å². The first-order chi connectivity index (χ1) is 6.36. The molecular formula is C9H15N3O. The van der Waals surface area contributed by atoms with Gasteiger partial charge in [-0.3, -0.25) is 0 Å². The maximum absolute atomic E-state index is 9.22. The Bertz CT molecular complexity index is 237. The first-order valence-corrected chi connectivity index (χ1v) is 4.98. The van der Waals surface area contributed by atoms with Gasteiger partial charge in [0.1, 0.15) is 0 Å². The fourth-order valence-electron chi connectivity index (χ4n) is 3.23.